The second-order valence-electron chi connectivity index (χ2n) is 15.6. The SMILES string of the molecule is CC(C)c1cccc(C(C)C)c1N1C(C)CC2C1P2c1c(C(C)(C)C)cc(C(C)(C)C)cc1C(C)(C)C. The molecule has 0 aromatic heterocycles. The van der Waals surface area contributed by atoms with Gasteiger partial charge in [0, 0.05) is 17.4 Å². The molecule has 0 spiro atoms. The maximum atomic E-state index is 2.91. The minimum absolute atomic E-state index is 0.130. The summed E-state index contributed by atoms with van der Waals surface area (Å²) in [6.45, 7) is 33.7. The minimum atomic E-state index is -0.229. The summed E-state index contributed by atoms with van der Waals surface area (Å²) in [5.41, 5.74) is 10.6. The molecular formula is C35H54NP. The second-order valence-corrected chi connectivity index (χ2v) is 18.1. The first-order valence-electron chi connectivity index (χ1n) is 14.7. The number of rotatable bonds is 4. The van der Waals surface area contributed by atoms with Crippen LogP contribution < -0.4 is 10.2 Å². The van der Waals surface area contributed by atoms with Gasteiger partial charge >= 0.3 is 0 Å². The van der Waals surface area contributed by atoms with E-state index in [0.29, 0.717) is 23.7 Å². The highest BCUT2D eigenvalue weighted by atomic mass is 31.1. The molecular weight excluding hydrogens is 465 g/mol. The molecule has 0 amide bonds. The highest BCUT2D eigenvalue weighted by Crippen LogP contribution is 2.74. The molecule has 37 heavy (non-hydrogen) atoms. The Hall–Kier alpha value is -1.33. The van der Waals surface area contributed by atoms with Gasteiger partial charge in [-0.3, -0.25) is 0 Å². The molecule has 2 aliphatic rings. The summed E-state index contributed by atoms with van der Waals surface area (Å²) < 4.78 is 0. The van der Waals surface area contributed by atoms with Crippen molar-refractivity contribution in [3.8, 4) is 0 Å². The van der Waals surface area contributed by atoms with Crippen molar-refractivity contribution in [3.05, 3.63) is 58.1 Å². The zero-order valence-electron chi connectivity index (χ0n) is 26.4. The van der Waals surface area contributed by atoms with Gasteiger partial charge in [-0.2, -0.15) is 0 Å². The van der Waals surface area contributed by atoms with Crippen molar-refractivity contribution in [3.63, 3.8) is 0 Å². The predicted octanol–water partition coefficient (Wildman–Crippen LogP) is 9.94. The van der Waals surface area contributed by atoms with Gasteiger partial charge in [0.15, 0.2) is 0 Å². The van der Waals surface area contributed by atoms with Gasteiger partial charge in [0.2, 0.25) is 0 Å². The van der Waals surface area contributed by atoms with Crippen LogP contribution in [0.3, 0.4) is 0 Å². The molecule has 0 N–H and O–H groups in total. The molecule has 2 aliphatic heterocycles. The average molecular weight is 520 g/mol. The van der Waals surface area contributed by atoms with Crippen LogP contribution in [-0.2, 0) is 16.2 Å². The Kier molecular flexibility index (Phi) is 7.28. The third-order valence-electron chi connectivity index (χ3n) is 8.69. The van der Waals surface area contributed by atoms with Crippen LogP contribution in [0.1, 0.15) is 143 Å². The molecule has 2 aromatic rings. The van der Waals surface area contributed by atoms with Crippen molar-refractivity contribution in [1.29, 1.82) is 0 Å². The molecule has 2 fully saturated rings. The Morgan fingerprint density at radius 2 is 1.22 bits per heavy atom. The fraction of sp³-hybridized carbons (Fsp3) is 0.657. The molecule has 2 saturated heterocycles. The molecule has 2 aromatic carbocycles. The summed E-state index contributed by atoms with van der Waals surface area (Å²) in [5.74, 6) is 1.74. The van der Waals surface area contributed by atoms with Gasteiger partial charge in [-0.1, -0.05) is 120 Å². The van der Waals surface area contributed by atoms with E-state index >= 15 is 0 Å². The first-order chi connectivity index (χ1) is 16.9. The molecule has 4 unspecified atom stereocenters. The van der Waals surface area contributed by atoms with Crippen LogP contribution >= 0.6 is 7.92 Å². The molecule has 0 saturated carbocycles. The Labute approximate surface area is 230 Å². The lowest BCUT2D eigenvalue weighted by Crippen LogP contribution is -2.35. The van der Waals surface area contributed by atoms with Gasteiger partial charge in [-0.05, 0) is 82.5 Å². The highest BCUT2D eigenvalue weighted by molar-refractivity contribution is 7.75. The summed E-state index contributed by atoms with van der Waals surface area (Å²) >= 11 is 0. The van der Waals surface area contributed by atoms with E-state index in [1.54, 1.807) is 22.1 Å². The number of nitrogens with zero attached hydrogens (tertiary/aromatic N) is 1. The predicted molar refractivity (Wildman–Crippen MR) is 168 cm³/mol. The first kappa shape index (κ1) is 28.7. The first-order valence-corrected chi connectivity index (χ1v) is 16.2. The fourth-order valence-corrected chi connectivity index (χ4v) is 10.6. The highest BCUT2D eigenvalue weighted by Gasteiger charge is 2.62. The molecule has 0 bridgehead atoms. The van der Waals surface area contributed by atoms with Gasteiger partial charge < -0.3 is 4.90 Å². The summed E-state index contributed by atoms with van der Waals surface area (Å²) in [6, 6.07) is 12.9. The monoisotopic (exact) mass is 519 g/mol. The Morgan fingerprint density at radius 1 is 0.757 bits per heavy atom. The Balaban J connectivity index is 1.93. The van der Waals surface area contributed by atoms with Crippen LogP contribution in [0.4, 0.5) is 5.69 Å². The van der Waals surface area contributed by atoms with E-state index in [-0.39, 0.29) is 24.2 Å². The molecule has 4 rings (SSSR count). The van der Waals surface area contributed by atoms with Crippen molar-refractivity contribution in [2.75, 3.05) is 4.90 Å². The molecule has 2 heteroatoms. The lowest BCUT2D eigenvalue weighted by atomic mass is 9.75. The molecule has 2 heterocycles. The number of hydrogen-bond acceptors (Lipinski definition) is 1. The van der Waals surface area contributed by atoms with E-state index < -0.39 is 0 Å². The van der Waals surface area contributed by atoms with Crippen molar-refractivity contribution >= 4 is 18.9 Å². The van der Waals surface area contributed by atoms with Crippen LogP contribution in [0.5, 0.6) is 0 Å². The Morgan fingerprint density at radius 3 is 1.59 bits per heavy atom. The van der Waals surface area contributed by atoms with E-state index in [9.17, 15) is 0 Å². The maximum absolute atomic E-state index is 2.91. The van der Waals surface area contributed by atoms with Crippen LogP contribution in [-0.4, -0.2) is 17.5 Å². The molecule has 0 radical (unpaired) electrons. The quantitative estimate of drug-likeness (QED) is 0.363. The number of benzene rings is 2. The van der Waals surface area contributed by atoms with E-state index in [0.717, 1.165) is 5.66 Å². The zero-order chi connectivity index (χ0) is 27.8. The fourth-order valence-electron chi connectivity index (χ4n) is 6.49. The van der Waals surface area contributed by atoms with E-state index in [4.69, 9.17) is 0 Å². The van der Waals surface area contributed by atoms with E-state index in [2.05, 4.69) is 132 Å². The van der Waals surface area contributed by atoms with Gasteiger partial charge in [0.05, 0.1) is 5.78 Å². The number of hydrogen-bond donors (Lipinski definition) is 0. The van der Waals surface area contributed by atoms with E-state index in [1.807, 2.05) is 0 Å². The lowest BCUT2D eigenvalue weighted by Gasteiger charge is -2.37. The molecule has 204 valence electrons. The summed E-state index contributed by atoms with van der Waals surface area (Å²) in [6.07, 6.45) is 1.33. The lowest BCUT2D eigenvalue weighted by molar-refractivity contribution is 0.553. The normalized spacial score (nSPS) is 24.3. The van der Waals surface area contributed by atoms with Crippen LogP contribution in [0.25, 0.3) is 0 Å². The van der Waals surface area contributed by atoms with Gasteiger partial charge in [0.1, 0.15) is 0 Å². The largest absolute Gasteiger partial charge is 0.361 e. The topological polar surface area (TPSA) is 3.24 Å². The third-order valence-corrected chi connectivity index (χ3v) is 11.7. The van der Waals surface area contributed by atoms with Crippen molar-refractivity contribution in [2.24, 2.45) is 0 Å². The number of anilines is 1. The van der Waals surface area contributed by atoms with Gasteiger partial charge in [0.25, 0.3) is 0 Å². The smallest absolute Gasteiger partial charge is 0.0607 e. The van der Waals surface area contributed by atoms with Crippen molar-refractivity contribution in [2.45, 2.75) is 149 Å². The maximum Gasteiger partial charge on any atom is 0.0607 e. The summed E-state index contributed by atoms with van der Waals surface area (Å²) in [4.78, 5) is 2.91. The molecule has 4 atom stereocenters. The van der Waals surface area contributed by atoms with Crippen LogP contribution in [0, 0.1) is 0 Å². The average Bonchev–Trinajstić information content (AvgIpc) is 3.31. The molecule has 1 nitrogen and oxygen atoms in total. The second kappa shape index (κ2) is 9.40. The number of fused-ring (bicyclic) bond motifs is 1. The Bertz CT molecular complexity index is 1090. The third kappa shape index (κ3) is 5.16. The van der Waals surface area contributed by atoms with Crippen molar-refractivity contribution in [1.82, 2.24) is 0 Å². The van der Waals surface area contributed by atoms with Crippen LogP contribution in [0.15, 0.2) is 30.3 Å². The van der Waals surface area contributed by atoms with Crippen LogP contribution in [0.2, 0.25) is 0 Å². The summed E-state index contributed by atoms with van der Waals surface area (Å²) in [5, 5.41) is 1.74. The summed E-state index contributed by atoms with van der Waals surface area (Å²) in [7, 11) is -0.229. The molecule has 0 aliphatic carbocycles. The van der Waals surface area contributed by atoms with Crippen molar-refractivity contribution < 1.29 is 0 Å². The standard InChI is InChI=1S/C35H54NP/c1-21(2)25-16-15-17-26(22(3)4)30(25)36-23(5)18-29-32(36)37(29)31-27(34(9,10)11)19-24(33(6,7)8)20-28(31)35(12,13)14/h15-17,19-23,29,32H,18H2,1-14H3. The zero-order valence-corrected chi connectivity index (χ0v) is 27.3. The van der Waals surface area contributed by atoms with E-state index in [1.165, 1.54) is 23.1 Å². The van der Waals surface area contributed by atoms with Gasteiger partial charge in [-0.15, -0.1) is 0 Å². The minimum Gasteiger partial charge on any atom is -0.361 e. The van der Waals surface area contributed by atoms with Gasteiger partial charge in [-0.25, -0.2) is 0 Å². The number of para-hydroxylation sites is 1.